The van der Waals surface area contributed by atoms with E-state index in [1.165, 1.54) is 16.2 Å². The van der Waals surface area contributed by atoms with Crippen LogP contribution in [-0.2, 0) is 18.3 Å². The molecular weight excluding hydrogens is 434 g/mol. The lowest BCUT2D eigenvalue weighted by Gasteiger charge is -2.09. The second-order valence-corrected chi connectivity index (χ2v) is 8.13. The van der Waals surface area contributed by atoms with Gasteiger partial charge < -0.3 is 9.47 Å². The van der Waals surface area contributed by atoms with Crippen LogP contribution in [0.1, 0.15) is 11.4 Å². The molecule has 174 valence electrons. The van der Waals surface area contributed by atoms with E-state index in [1.54, 1.807) is 7.05 Å². The molecule has 3 aromatic heterocycles. The Bertz CT molecular complexity index is 1620. The first kappa shape index (κ1) is 21.7. The molecule has 5 aromatic rings. The third-order valence-electron chi connectivity index (χ3n) is 6.11. The van der Waals surface area contributed by atoms with Gasteiger partial charge in [0, 0.05) is 31.2 Å². The molecule has 2 aromatic carbocycles. The van der Waals surface area contributed by atoms with Crippen LogP contribution >= 0.6 is 0 Å². The van der Waals surface area contributed by atoms with Gasteiger partial charge in [-0.15, -0.1) is 0 Å². The molecule has 0 saturated carbocycles. The number of imidazole rings is 2. The van der Waals surface area contributed by atoms with Crippen molar-refractivity contribution >= 4 is 16.9 Å². The largest absolute Gasteiger partial charge is 0.457 e. The monoisotopic (exact) mass is 459 g/mol. The standard InChI is InChI=1S/C25H25N5O4/c1-16-17(2)30-21-22(27(3)25(32)28(23(21)31)14-15-33-4)26-24(30)29(16)18-10-12-20(13-11-18)34-19-8-6-5-7-9-19/h5-13H,14-15H2,1-4H3. The Morgan fingerprint density at radius 2 is 1.59 bits per heavy atom. The van der Waals surface area contributed by atoms with Gasteiger partial charge >= 0.3 is 5.69 Å². The first-order valence-corrected chi connectivity index (χ1v) is 10.9. The Labute approximate surface area is 195 Å². The number of nitrogens with zero attached hydrogens (tertiary/aromatic N) is 5. The van der Waals surface area contributed by atoms with Gasteiger partial charge in [0.15, 0.2) is 11.2 Å². The molecule has 9 nitrogen and oxygen atoms in total. The summed E-state index contributed by atoms with van der Waals surface area (Å²) >= 11 is 0. The van der Waals surface area contributed by atoms with E-state index in [-0.39, 0.29) is 18.7 Å². The van der Waals surface area contributed by atoms with Crippen LogP contribution < -0.4 is 16.0 Å². The first-order chi connectivity index (χ1) is 16.4. The highest BCUT2D eigenvalue weighted by molar-refractivity contribution is 5.77. The van der Waals surface area contributed by atoms with Crippen molar-refractivity contribution < 1.29 is 9.47 Å². The molecule has 0 radical (unpaired) electrons. The maximum atomic E-state index is 13.3. The average molecular weight is 460 g/mol. The molecule has 0 aliphatic rings. The molecule has 0 spiro atoms. The number of rotatable bonds is 6. The van der Waals surface area contributed by atoms with Crippen LogP contribution in [0, 0.1) is 13.8 Å². The normalized spacial score (nSPS) is 11.5. The van der Waals surface area contributed by atoms with Crippen LogP contribution in [0.3, 0.4) is 0 Å². The van der Waals surface area contributed by atoms with Crippen LogP contribution in [-0.4, -0.2) is 36.8 Å². The van der Waals surface area contributed by atoms with E-state index in [0.29, 0.717) is 22.7 Å². The Morgan fingerprint density at radius 1 is 0.912 bits per heavy atom. The van der Waals surface area contributed by atoms with Crippen molar-refractivity contribution in [2.45, 2.75) is 20.4 Å². The predicted molar refractivity (Wildman–Crippen MR) is 129 cm³/mol. The molecule has 0 aliphatic heterocycles. The number of ether oxygens (including phenoxy) is 2. The number of para-hydroxylation sites is 1. The third kappa shape index (κ3) is 3.32. The molecule has 0 unspecified atom stereocenters. The Kier molecular flexibility index (Phi) is 5.33. The first-order valence-electron chi connectivity index (χ1n) is 10.9. The molecule has 0 bridgehead atoms. The highest BCUT2D eigenvalue weighted by Crippen LogP contribution is 2.27. The fourth-order valence-electron chi connectivity index (χ4n) is 4.23. The molecule has 0 N–H and O–H groups in total. The molecule has 0 aliphatic carbocycles. The summed E-state index contributed by atoms with van der Waals surface area (Å²) < 4.78 is 17.4. The van der Waals surface area contributed by atoms with Crippen LogP contribution in [0.25, 0.3) is 22.6 Å². The van der Waals surface area contributed by atoms with E-state index in [4.69, 9.17) is 14.5 Å². The van der Waals surface area contributed by atoms with E-state index in [0.717, 1.165) is 22.8 Å². The van der Waals surface area contributed by atoms with Crippen molar-refractivity contribution in [3.05, 3.63) is 86.8 Å². The second kappa shape index (κ2) is 8.35. The van der Waals surface area contributed by atoms with Crippen LogP contribution in [0.4, 0.5) is 0 Å². The van der Waals surface area contributed by atoms with Gasteiger partial charge in [0.1, 0.15) is 11.5 Å². The molecule has 0 fully saturated rings. The summed E-state index contributed by atoms with van der Waals surface area (Å²) in [5, 5.41) is 0. The molecule has 0 atom stereocenters. The number of fused-ring (bicyclic) bond motifs is 3. The summed E-state index contributed by atoms with van der Waals surface area (Å²) in [6.45, 7) is 4.36. The minimum Gasteiger partial charge on any atom is -0.457 e. The van der Waals surface area contributed by atoms with Crippen LogP contribution in [0.2, 0.25) is 0 Å². The quantitative estimate of drug-likeness (QED) is 0.389. The van der Waals surface area contributed by atoms with Crippen LogP contribution in [0.15, 0.2) is 64.2 Å². The molecule has 5 rings (SSSR count). The van der Waals surface area contributed by atoms with Gasteiger partial charge in [-0.25, -0.2) is 4.79 Å². The number of aryl methyl sites for hydroxylation is 2. The van der Waals surface area contributed by atoms with Gasteiger partial charge in [0.2, 0.25) is 5.78 Å². The highest BCUT2D eigenvalue weighted by atomic mass is 16.5. The fraction of sp³-hybridized carbons (Fsp3) is 0.240. The average Bonchev–Trinajstić information content (AvgIpc) is 3.34. The zero-order chi connectivity index (χ0) is 24.0. The topological polar surface area (TPSA) is 84.7 Å². The third-order valence-corrected chi connectivity index (χ3v) is 6.11. The van der Waals surface area contributed by atoms with E-state index in [9.17, 15) is 9.59 Å². The number of hydrogen-bond acceptors (Lipinski definition) is 5. The second-order valence-electron chi connectivity index (χ2n) is 8.13. The summed E-state index contributed by atoms with van der Waals surface area (Å²) in [7, 11) is 3.16. The Morgan fingerprint density at radius 3 is 2.26 bits per heavy atom. The lowest BCUT2D eigenvalue weighted by molar-refractivity contribution is 0.184. The molecule has 34 heavy (non-hydrogen) atoms. The molecule has 3 heterocycles. The molecule has 0 amide bonds. The van der Waals surface area contributed by atoms with Crippen molar-refractivity contribution in [1.82, 2.24) is 23.1 Å². The lowest BCUT2D eigenvalue weighted by Crippen LogP contribution is -2.40. The smallest absolute Gasteiger partial charge is 0.332 e. The number of aromatic nitrogens is 5. The van der Waals surface area contributed by atoms with Gasteiger partial charge in [-0.2, -0.15) is 4.98 Å². The van der Waals surface area contributed by atoms with E-state index in [1.807, 2.05) is 77.4 Å². The summed E-state index contributed by atoms with van der Waals surface area (Å²) in [6.07, 6.45) is 0. The number of hydrogen-bond donors (Lipinski definition) is 0. The maximum absolute atomic E-state index is 13.3. The zero-order valence-electron chi connectivity index (χ0n) is 19.5. The highest BCUT2D eigenvalue weighted by Gasteiger charge is 2.23. The fourth-order valence-corrected chi connectivity index (χ4v) is 4.23. The minimum absolute atomic E-state index is 0.173. The van der Waals surface area contributed by atoms with Gasteiger partial charge in [0.05, 0.1) is 13.2 Å². The van der Waals surface area contributed by atoms with Crippen molar-refractivity contribution in [2.75, 3.05) is 13.7 Å². The molecule has 9 heteroatoms. The SMILES string of the molecule is COCCn1c(=O)c2c(nc3n(-c4ccc(Oc5ccccc5)cc4)c(C)c(C)n23)n(C)c1=O. The minimum atomic E-state index is -0.418. The van der Waals surface area contributed by atoms with Gasteiger partial charge in [-0.3, -0.25) is 22.9 Å². The number of methoxy groups -OCH3 is 1. The van der Waals surface area contributed by atoms with E-state index < -0.39 is 5.69 Å². The van der Waals surface area contributed by atoms with E-state index >= 15 is 0 Å². The maximum Gasteiger partial charge on any atom is 0.332 e. The Hall–Kier alpha value is -4.11. The van der Waals surface area contributed by atoms with Crippen molar-refractivity contribution in [3.8, 4) is 17.2 Å². The summed E-state index contributed by atoms with van der Waals surface area (Å²) in [6, 6.07) is 17.3. The molecule has 0 saturated heterocycles. The van der Waals surface area contributed by atoms with E-state index in [2.05, 4.69) is 0 Å². The van der Waals surface area contributed by atoms with Crippen molar-refractivity contribution in [1.29, 1.82) is 0 Å². The summed E-state index contributed by atoms with van der Waals surface area (Å²) in [5.41, 5.74) is 2.61. The van der Waals surface area contributed by atoms with Gasteiger partial charge in [-0.1, -0.05) is 18.2 Å². The van der Waals surface area contributed by atoms with Gasteiger partial charge in [-0.05, 0) is 50.2 Å². The van der Waals surface area contributed by atoms with Crippen LogP contribution in [0.5, 0.6) is 11.5 Å². The zero-order valence-corrected chi connectivity index (χ0v) is 19.5. The summed E-state index contributed by atoms with van der Waals surface area (Å²) in [5.74, 6) is 2.04. The Balaban J connectivity index is 1.67. The van der Waals surface area contributed by atoms with Gasteiger partial charge in [0.25, 0.3) is 5.56 Å². The van der Waals surface area contributed by atoms with Crippen molar-refractivity contribution in [2.24, 2.45) is 7.05 Å². The van der Waals surface area contributed by atoms with Crippen molar-refractivity contribution in [3.63, 3.8) is 0 Å². The lowest BCUT2D eigenvalue weighted by atomic mass is 10.2. The summed E-state index contributed by atoms with van der Waals surface area (Å²) in [4.78, 5) is 30.8. The number of benzene rings is 2. The molecular formula is C25H25N5O4. The predicted octanol–water partition coefficient (Wildman–Crippen LogP) is 3.19.